The van der Waals surface area contributed by atoms with E-state index in [4.69, 9.17) is 9.84 Å². The van der Waals surface area contributed by atoms with Crippen molar-refractivity contribution >= 4 is 11.9 Å². The van der Waals surface area contributed by atoms with Crippen LogP contribution in [-0.4, -0.2) is 56.8 Å². The van der Waals surface area contributed by atoms with E-state index >= 15 is 0 Å². The molecule has 0 aromatic heterocycles. The van der Waals surface area contributed by atoms with E-state index in [1.807, 2.05) is 26.0 Å². The number of carbonyl (C=O) groups excluding carboxylic acids is 1. The van der Waals surface area contributed by atoms with Crippen molar-refractivity contribution in [3.8, 4) is 0 Å². The highest BCUT2D eigenvalue weighted by Gasteiger charge is 2.42. The Kier molecular flexibility index (Phi) is 9.07. The SMILES string of the molecule is CC[C@H](C)C(=O)O[C@H]1C[C@H](O)C=C2C=C[C@H](C)C(CC[C@@H](O)CC(O)CC(=O)O)C21. The van der Waals surface area contributed by atoms with Gasteiger partial charge in [0.15, 0.2) is 0 Å². The first-order chi connectivity index (χ1) is 14.1. The van der Waals surface area contributed by atoms with Gasteiger partial charge in [-0.3, -0.25) is 9.59 Å². The van der Waals surface area contributed by atoms with E-state index in [9.17, 15) is 24.9 Å². The van der Waals surface area contributed by atoms with Crippen molar-refractivity contribution in [1.29, 1.82) is 0 Å². The van der Waals surface area contributed by atoms with Crippen molar-refractivity contribution < 1.29 is 34.8 Å². The number of carbonyl (C=O) groups is 2. The van der Waals surface area contributed by atoms with Gasteiger partial charge in [0.25, 0.3) is 0 Å². The van der Waals surface area contributed by atoms with E-state index in [2.05, 4.69) is 13.0 Å². The van der Waals surface area contributed by atoms with Crippen molar-refractivity contribution in [1.82, 2.24) is 0 Å². The smallest absolute Gasteiger partial charge is 0.308 e. The fraction of sp³-hybridized carbons (Fsp3) is 0.739. The van der Waals surface area contributed by atoms with Crippen LogP contribution in [0.4, 0.5) is 0 Å². The summed E-state index contributed by atoms with van der Waals surface area (Å²) in [5, 5.41) is 39.1. The predicted octanol–water partition coefficient (Wildman–Crippen LogP) is 2.44. The molecule has 0 aliphatic heterocycles. The lowest BCUT2D eigenvalue weighted by molar-refractivity contribution is -0.159. The van der Waals surface area contributed by atoms with Gasteiger partial charge >= 0.3 is 11.9 Å². The fourth-order valence-electron chi connectivity index (χ4n) is 4.52. The number of rotatable bonds is 10. The highest BCUT2D eigenvalue weighted by molar-refractivity contribution is 5.72. The second kappa shape index (κ2) is 11.1. The van der Waals surface area contributed by atoms with Gasteiger partial charge in [0.1, 0.15) is 6.10 Å². The third kappa shape index (κ3) is 6.65. The fourth-order valence-corrected chi connectivity index (χ4v) is 4.52. The van der Waals surface area contributed by atoms with E-state index in [0.717, 1.165) is 5.57 Å². The largest absolute Gasteiger partial charge is 0.481 e. The number of carboxylic acid groups (broad SMARTS) is 1. The minimum absolute atomic E-state index is 0.0156. The molecule has 0 saturated carbocycles. The molecule has 0 saturated heterocycles. The Morgan fingerprint density at radius 3 is 2.60 bits per heavy atom. The molecule has 0 heterocycles. The molecule has 7 nitrogen and oxygen atoms in total. The van der Waals surface area contributed by atoms with E-state index in [-0.39, 0.29) is 42.5 Å². The Hall–Kier alpha value is -1.70. The lowest BCUT2D eigenvalue weighted by atomic mass is 9.66. The molecule has 170 valence electrons. The quantitative estimate of drug-likeness (QED) is 0.397. The molecule has 30 heavy (non-hydrogen) atoms. The van der Waals surface area contributed by atoms with Crippen molar-refractivity contribution in [2.24, 2.45) is 23.7 Å². The minimum atomic E-state index is -1.10. The van der Waals surface area contributed by atoms with Crippen LogP contribution in [0.3, 0.4) is 0 Å². The number of aliphatic hydroxyl groups excluding tert-OH is 3. The van der Waals surface area contributed by atoms with E-state index in [1.54, 1.807) is 0 Å². The average Bonchev–Trinajstić information content (AvgIpc) is 2.65. The van der Waals surface area contributed by atoms with Gasteiger partial charge in [-0.15, -0.1) is 0 Å². The van der Waals surface area contributed by atoms with Crippen LogP contribution >= 0.6 is 0 Å². The Labute approximate surface area is 178 Å². The summed E-state index contributed by atoms with van der Waals surface area (Å²) in [5.74, 6) is -1.31. The second-order valence-corrected chi connectivity index (χ2v) is 8.88. The van der Waals surface area contributed by atoms with Crippen LogP contribution in [-0.2, 0) is 14.3 Å². The van der Waals surface area contributed by atoms with Crippen LogP contribution < -0.4 is 0 Å². The summed E-state index contributed by atoms with van der Waals surface area (Å²) in [5.41, 5.74) is 0.958. The highest BCUT2D eigenvalue weighted by Crippen LogP contribution is 2.44. The number of fused-ring (bicyclic) bond motifs is 1. The zero-order valence-electron chi connectivity index (χ0n) is 18.1. The molecule has 0 amide bonds. The van der Waals surface area contributed by atoms with Gasteiger partial charge in [-0.25, -0.2) is 0 Å². The maximum absolute atomic E-state index is 12.4. The molecule has 2 aliphatic rings. The monoisotopic (exact) mass is 424 g/mol. The summed E-state index contributed by atoms with van der Waals surface area (Å²) >= 11 is 0. The number of hydrogen-bond acceptors (Lipinski definition) is 6. The molecule has 0 aromatic carbocycles. The van der Waals surface area contributed by atoms with Crippen molar-refractivity contribution in [2.45, 2.75) is 83.7 Å². The van der Waals surface area contributed by atoms with E-state index in [1.165, 1.54) is 0 Å². The topological polar surface area (TPSA) is 124 Å². The Bertz CT molecular complexity index is 656. The first-order valence-corrected chi connectivity index (χ1v) is 11.0. The third-order valence-corrected chi connectivity index (χ3v) is 6.44. The summed E-state index contributed by atoms with van der Waals surface area (Å²) in [4.78, 5) is 23.1. The number of hydrogen-bond donors (Lipinski definition) is 4. The van der Waals surface area contributed by atoms with Crippen LogP contribution in [0.5, 0.6) is 0 Å². The van der Waals surface area contributed by atoms with Crippen LogP contribution in [0.2, 0.25) is 0 Å². The first kappa shape index (κ1) is 24.6. The van der Waals surface area contributed by atoms with Gasteiger partial charge in [-0.2, -0.15) is 0 Å². The maximum Gasteiger partial charge on any atom is 0.308 e. The molecule has 2 rings (SSSR count). The Morgan fingerprint density at radius 2 is 1.97 bits per heavy atom. The average molecular weight is 425 g/mol. The molecule has 3 unspecified atom stereocenters. The second-order valence-electron chi connectivity index (χ2n) is 8.88. The number of aliphatic hydroxyl groups is 3. The molecule has 2 aliphatic carbocycles. The van der Waals surface area contributed by atoms with E-state index in [0.29, 0.717) is 25.7 Å². The molecule has 8 atom stereocenters. The lowest BCUT2D eigenvalue weighted by Gasteiger charge is -2.43. The number of carboxylic acids is 1. The number of allylic oxidation sites excluding steroid dienone is 2. The molecular weight excluding hydrogens is 388 g/mol. The molecule has 0 aromatic rings. The van der Waals surface area contributed by atoms with Gasteiger partial charge in [0, 0.05) is 12.3 Å². The first-order valence-electron chi connectivity index (χ1n) is 11.0. The Balaban J connectivity index is 2.09. The standard InChI is InChI=1S/C23H36O7/c1-4-13(2)23(29)30-20-11-17(25)9-15-6-5-14(3)19(22(15)20)8-7-16(24)10-18(26)12-21(27)28/h5-6,9,13-14,16-20,22,24-26H,4,7-8,10-12H2,1-3H3,(H,27,28)/t13-,14-,16+,17+,18?,19?,20-,22?/m0/s1. The summed E-state index contributed by atoms with van der Waals surface area (Å²) in [6, 6.07) is 0. The molecular formula is C23H36O7. The number of aliphatic carboxylic acids is 1. The molecule has 0 radical (unpaired) electrons. The summed E-state index contributed by atoms with van der Waals surface area (Å²) in [6.45, 7) is 5.85. The van der Waals surface area contributed by atoms with Crippen LogP contribution in [0.25, 0.3) is 0 Å². The van der Waals surface area contributed by atoms with Crippen LogP contribution in [0.15, 0.2) is 23.8 Å². The molecule has 0 spiro atoms. The molecule has 7 heteroatoms. The summed E-state index contributed by atoms with van der Waals surface area (Å²) < 4.78 is 5.84. The minimum Gasteiger partial charge on any atom is -0.481 e. The van der Waals surface area contributed by atoms with Crippen LogP contribution in [0.1, 0.15) is 59.3 Å². The lowest BCUT2D eigenvalue weighted by Crippen LogP contribution is -2.43. The predicted molar refractivity (Wildman–Crippen MR) is 111 cm³/mol. The van der Waals surface area contributed by atoms with Crippen molar-refractivity contribution in [3.63, 3.8) is 0 Å². The third-order valence-electron chi connectivity index (χ3n) is 6.44. The summed E-state index contributed by atoms with van der Waals surface area (Å²) in [6.07, 6.45) is 4.64. The van der Waals surface area contributed by atoms with Crippen LogP contribution in [0, 0.1) is 23.7 Å². The van der Waals surface area contributed by atoms with Gasteiger partial charge in [-0.1, -0.05) is 39.0 Å². The van der Waals surface area contributed by atoms with Gasteiger partial charge < -0.3 is 25.2 Å². The summed E-state index contributed by atoms with van der Waals surface area (Å²) in [7, 11) is 0. The van der Waals surface area contributed by atoms with E-state index < -0.39 is 30.4 Å². The molecule has 0 bridgehead atoms. The number of esters is 1. The molecule has 0 fully saturated rings. The van der Waals surface area contributed by atoms with Gasteiger partial charge in [-0.05, 0) is 43.1 Å². The van der Waals surface area contributed by atoms with Gasteiger partial charge in [0.05, 0.1) is 30.7 Å². The Morgan fingerprint density at radius 1 is 1.27 bits per heavy atom. The highest BCUT2D eigenvalue weighted by atomic mass is 16.5. The zero-order chi connectivity index (χ0) is 22.4. The molecule has 4 N–H and O–H groups in total. The van der Waals surface area contributed by atoms with Gasteiger partial charge in [0.2, 0.25) is 0 Å². The van der Waals surface area contributed by atoms with Crippen molar-refractivity contribution in [3.05, 3.63) is 23.8 Å². The normalized spacial score (nSPS) is 31.3. The number of ether oxygens (including phenoxy) is 1. The van der Waals surface area contributed by atoms with Crippen molar-refractivity contribution in [2.75, 3.05) is 0 Å². The maximum atomic E-state index is 12.4. The zero-order valence-corrected chi connectivity index (χ0v) is 18.1.